The molecule has 0 radical (unpaired) electrons. The molecule has 0 spiro atoms. The van der Waals surface area contributed by atoms with Gasteiger partial charge in [0.15, 0.2) is 6.10 Å². The molecule has 5 unspecified atom stereocenters. The van der Waals surface area contributed by atoms with E-state index in [1.807, 2.05) is 0 Å². The molecule has 0 aliphatic rings. The van der Waals surface area contributed by atoms with Gasteiger partial charge in [0.25, 0.3) is 0 Å². The van der Waals surface area contributed by atoms with Crippen molar-refractivity contribution in [1.82, 2.24) is 0 Å². The number of esters is 3. The van der Waals surface area contributed by atoms with E-state index in [-0.39, 0.29) is 19.3 Å². The van der Waals surface area contributed by atoms with Gasteiger partial charge in [-0.2, -0.15) is 0 Å². The van der Waals surface area contributed by atoms with Gasteiger partial charge in [-0.05, 0) is 116 Å². The van der Waals surface area contributed by atoms with Crippen LogP contribution in [0.4, 0.5) is 0 Å². The standard InChI is InChI=1S/C85H146O16P2/c1-4-7-10-13-16-19-22-25-28-30-32-34-36-38-39-41-43-44-46-48-51-53-56-59-62-65-68-71-83(88)95-74-80(86)75-97-102(91,92)98-76-81(87)77-99-103(93,94)100-79-82(101-85(90)73-70-67-64-61-58-55-50-27-24-21-18-15-12-9-6-3)78-96-84(89)72-69-66-63-60-57-54-52-49-47-45-42-40-37-35-33-31-29-26-23-20-17-14-11-8-5-2/h7-8,10-11,16-17,19-20,25-26,28-29,32-35,38-40,42-44,80-82,86-87H,4-6,9,12-15,18,21-24,27,30-31,36-37,41,45-79H2,1-3H3,(H,91,92)(H,93,94)/b10-7-,11-8-,19-16-,20-17-,28-25-,29-26-,34-32-,35-33-,39-38-,42-40-,44-43-. The molecule has 0 saturated carbocycles. The lowest BCUT2D eigenvalue weighted by Crippen LogP contribution is -2.30. The average molecular weight is 1490 g/mol. The summed E-state index contributed by atoms with van der Waals surface area (Å²) in [5.41, 5.74) is 0. The van der Waals surface area contributed by atoms with Gasteiger partial charge in [-0.1, -0.05) is 328 Å². The zero-order valence-corrected chi connectivity index (χ0v) is 66.5. The second-order valence-corrected chi connectivity index (χ2v) is 29.7. The first-order chi connectivity index (χ1) is 50.2. The van der Waals surface area contributed by atoms with Gasteiger partial charge in [-0.15, -0.1) is 0 Å². The third-order valence-corrected chi connectivity index (χ3v) is 18.8. The molecule has 0 aliphatic heterocycles. The third-order valence-electron chi connectivity index (χ3n) is 16.9. The van der Waals surface area contributed by atoms with Gasteiger partial charge in [0.1, 0.15) is 25.4 Å². The molecule has 0 aromatic rings. The number of ether oxygens (including phenoxy) is 3. The summed E-state index contributed by atoms with van der Waals surface area (Å²) in [6, 6.07) is 0. The van der Waals surface area contributed by atoms with Crippen LogP contribution in [-0.2, 0) is 55.8 Å². The van der Waals surface area contributed by atoms with Crippen molar-refractivity contribution in [3.8, 4) is 0 Å². The van der Waals surface area contributed by atoms with Crippen LogP contribution in [0.15, 0.2) is 134 Å². The van der Waals surface area contributed by atoms with Gasteiger partial charge < -0.3 is 34.2 Å². The number of hydrogen-bond donors (Lipinski definition) is 4. The topological polar surface area (TPSA) is 231 Å². The Morgan fingerprint density at radius 3 is 0.816 bits per heavy atom. The predicted molar refractivity (Wildman–Crippen MR) is 426 cm³/mol. The quantitative estimate of drug-likeness (QED) is 0.0146. The number of phosphoric ester groups is 2. The van der Waals surface area contributed by atoms with E-state index < -0.39 is 91.5 Å². The zero-order chi connectivity index (χ0) is 75.2. The molecule has 16 nitrogen and oxygen atoms in total. The fraction of sp³-hybridized carbons (Fsp3) is 0.706. The molecule has 0 saturated heterocycles. The van der Waals surface area contributed by atoms with Crippen LogP contribution in [0.2, 0.25) is 0 Å². The molecule has 18 heteroatoms. The molecular weight excluding hydrogens is 1340 g/mol. The van der Waals surface area contributed by atoms with Crippen molar-refractivity contribution in [1.29, 1.82) is 0 Å². The second-order valence-electron chi connectivity index (χ2n) is 26.8. The summed E-state index contributed by atoms with van der Waals surface area (Å²) in [5, 5.41) is 20.6. The fourth-order valence-corrected chi connectivity index (χ4v) is 12.4. The van der Waals surface area contributed by atoms with Crippen LogP contribution < -0.4 is 0 Å². The minimum Gasteiger partial charge on any atom is -0.463 e. The van der Waals surface area contributed by atoms with Crippen LogP contribution >= 0.6 is 15.6 Å². The van der Waals surface area contributed by atoms with E-state index in [4.69, 9.17) is 32.3 Å². The van der Waals surface area contributed by atoms with Crippen LogP contribution in [0.1, 0.15) is 329 Å². The van der Waals surface area contributed by atoms with Crippen LogP contribution in [0, 0.1) is 0 Å². The number of phosphoric acid groups is 2. The summed E-state index contributed by atoms with van der Waals surface area (Å²) in [6.45, 7) is 2.47. The Balaban J connectivity index is 4.58. The molecule has 103 heavy (non-hydrogen) atoms. The Morgan fingerprint density at radius 2 is 0.515 bits per heavy atom. The molecule has 5 atom stereocenters. The lowest BCUT2D eigenvalue weighted by Gasteiger charge is -2.21. The highest BCUT2D eigenvalue weighted by molar-refractivity contribution is 7.47. The Kier molecular flexibility index (Phi) is 74.1. The first-order valence-electron chi connectivity index (χ1n) is 40.5. The van der Waals surface area contributed by atoms with E-state index in [9.17, 15) is 43.5 Å². The lowest BCUT2D eigenvalue weighted by molar-refractivity contribution is -0.161. The zero-order valence-electron chi connectivity index (χ0n) is 64.7. The molecule has 0 aromatic heterocycles. The second kappa shape index (κ2) is 77.3. The monoisotopic (exact) mass is 1490 g/mol. The first kappa shape index (κ1) is 98.7. The summed E-state index contributed by atoms with van der Waals surface area (Å²) >= 11 is 0. The van der Waals surface area contributed by atoms with Gasteiger partial charge in [-0.3, -0.25) is 32.5 Å². The highest BCUT2D eigenvalue weighted by Crippen LogP contribution is 2.45. The van der Waals surface area contributed by atoms with Gasteiger partial charge in [0, 0.05) is 19.3 Å². The van der Waals surface area contributed by atoms with Crippen LogP contribution in [0.5, 0.6) is 0 Å². The Bertz CT molecular complexity index is 2410. The Hall–Kier alpha value is -4.31. The van der Waals surface area contributed by atoms with E-state index in [0.717, 1.165) is 161 Å². The predicted octanol–water partition coefficient (Wildman–Crippen LogP) is 23.9. The molecule has 0 rings (SSSR count). The molecule has 0 amide bonds. The number of carbonyl (C=O) groups is 3. The van der Waals surface area contributed by atoms with Crippen LogP contribution in [-0.4, -0.2) is 95.9 Å². The Morgan fingerprint density at radius 1 is 0.282 bits per heavy atom. The number of unbranched alkanes of at least 4 members (excludes halogenated alkanes) is 31. The van der Waals surface area contributed by atoms with E-state index >= 15 is 0 Å². The maximum absolute atomic E-state index is 13.0. The number of allylic oxidation sites excluding steroid dienone is 22. The molecule has 4 N–H and O–H groups in total. The number of aliphatic hydroxyl groups is 2. The summed E-state index contributed by atoms with van der Waals surface area (Å²) in [4.78, 5) is 58.7. The summed E-state index contributed by atoms with van der Waals surface area (Å²) in [6.07, 6.45) is 93.4. The summed E-state index contributed by atoms with van der Waals surface area (Å²) < 4.78 is 61.2. The first-order valence-corrected chi connectivity index (χ1v) is 43.5. The van der Waals surface area contributed by atoms with Crippen molar-refractivity contribution in [2.24, 2.45) is 0 Å². The lowest BCUT2D eigenvalue weighted by atomic mass is 10.0. The highest BCUT2D eigenvalue weighted by Gasteiger charge is 2.29. The van der Waals surface area contributed by atoms with Crippen molar-refractivity contribution in [3.63, 3.8) is 0 Å². The normalized spacial score (nSPS) is 14.7. The highest BCUT2D eigenvalue weighted by atomic mass is 31.2. The van der Waals surface area contributed by atoms with Gasteiger partial charge in [0.05, 0.1) is 26.4 Å². The van der Waals surface area contributed by atoms with Gasteiger partial charge >= 0.3 is 33.6 Å². The number of hydrogen-bond acceptors (Lipinski definition) is 14. The van der Waals surface area contributed by atoms with Crippen molar-refractivity contribution in [3.05, 3.63) is 134 Å². The van der Waals surface area contributed by atoms with Crippen LogP contribution in [0.3, 0.4) is 0 Å². The molecular formula is C85H146O16P2. The molecule has 0 aromatic carbocycles. The minimum atomic E-state index is -4.93. The molecule has 0 heterocycles. The van der Waals surface area contributed by atoms with Crippen molar-refractivity contribution in [2.75, 3.05) is 39.6 Å². The van der Waals surface area contributed by atoms with Crippen molar-refractivity contribution >= 4 is 33.6 Å². The molecule has 0 fully saturated rings. The Labute approximate surface area is 626 Å². The number of aliphatic hydroxyl groups excluding tert-OH is 2. The fourth-order valence-electron chi connectivity index (χ4n) is 10.8. The van der Waals surface area contributed by atoms with E-state index in [0.29, 0.717) is 19.3 Å². The minimum absolute atomic E-state index is 0.105. The molecule has 592 valence electrons. The van der Waals surface area contributed by atoms with E-state index in [1.165, 1.54) is 109 Å². The van der Waals surface area contributed by atoms with Crippen molar-refractivity contribution < 1.29 is 75.8 Å². The maximum atomic E-state index is 13.0. The van der Waals surface area contributed by atoms with Gasteiger partial charge in [0.2, 0.25) is 0 Å². The van der Waals surface area contributed by atoms with Crippen molar-refractivity contribution in [2.45, 2.75) is 347 Å². The molecule has 0 bridgehead atoms. The summed E-state index contributed by atoms with van der Waals surface area (Å²) in [5.74, 6) is -1.58. The largest absolute Gasteiger partial charge is 0.472 e. The number of rotatable bonds is 76. The van der Waals surface area contributed by atoms with E-state index in [2.05, 4.69) is 154 Å². The summed E-state index contributed by atoms with van der Waals surface area (Å²) in [7, 11) is -9.79. The molecule has 0 aliphatic carbocycles. The van der Waals surface area contributed by atoms with Gasteiger partial charge in [-0.25, -0.2) is 9.13 Å². The van der Waals surface area contributed by atoms with E-state index in [1.54, 1.807) is 0 Å². The smallest absolute Gasteiger partial charge is 0.463 e. The SMILES string of the molecule is CC/C=C\C/C=C\C/C=C\C/C=C\C/C=C\C/C=C\CCCCCCCCCCC(=O)OCC(O)COP(=O)(O)OCC(O)COP(=O)(O)OCC(COC(=O)CCCCCCCCCCC/C=C\C/C=C\C/C=C\C/C=C\C/C=C\CC)OC(=O)CCCCCCCCCCCCCCCCC. The number of carbonyl (C=O) groups excluding carboxylic acids is 3. The third kappa shape index (κ3) is 78.6. The van der Waals surface area contributed by atoms with Crippen LogP contribution in [0.25, 0.3) is 0 Å². The average Bonchev–Trinajstić information content (AvgIpc) is 0.922. The maximum Gasteiger partial charge on any atom is 0.472 e.